The normalized spacial score (nSPS) is 11.3. The first-order valence-corrected chi connectivity index (χ1v) is 9.22. The Kier molecular flexibility index (Phi) is 11.6. The molecule has 84 valence electrons. The molecule has 0 aliphatic carbocycles. The summed E-state index contributed by atoms with van der Waals surface area (Å²) in [6.07, 6.45) is 8.42. The van der Waals surface area contributed by atoms with Crippen LogP contribution in [-0.2, 0) is 0 Å². The zero-order chi connectivity index (χ0) is 11.0. The zero-order valence-electron chi connectivity index (χ0n) is 11.4. The van der Waals surface area contributed by atoms with Crippen molar-refractivity contribution >= 4 is 8.24 Å². The van der Waals surface area contributed by atoms with Gasteiger partial charge in [0.15, 0.2) is 0 Å². The molecule has 3 heteroatoms. The van der Waals surface area contributed by atoms with E-state index >= 15 is 0 Å². The fourth-order valence-corrected chi connectivity index (χ4v) is 2.93. The van der Waals surface area contributed by atoms with E-state index in [1.807, 2.05) is 0 Å². The standard InChI is InChI=1S/C12H26NSi.Li/c1-6-8-9-10-12-13(11-7-2)14(3,4)5;/h2,6,8-12H2,1,3-5H3;/q-1;+1. The molecule has 0 aromatic rings. The van der Waals surface area contributed by atoms with Crippen molar-refractivity contribution in [1.82, 2.24) is 4.57 Å². The van der Waals surface area contributed by atoms with Crippen LogP contribution in [0.5, 0.6) is 0 Å². The first-order chi connectivity index (χ1) is 6.52. The maximum absolute atomic E-state index is 3.71. The Labute approximate surface area is 110 Å². The third kappa shape index (κ3) is 9.44. The van der Waals surface area contributed by atoms with Crippen molar-refractivity contribution in [3.8, 4) is 0 Å². The molecule has 0 heterocycles. The Balaban J connectivity index is 0. The molecular formula is C12H26LiNSi. The first-order valence-electron chi connectivity index (χ1n) is 5.77. The predicted octanol–water partition coefficient (Wildman–Crippen LogP) is 0.697. The summed E-state index contributed by atoms with van der Waals surface area (Å²) in [4.78, 5) is 0. The van der Waals surface area contributed by atoms with Crippen molar-refractivity contribution in [2.24, 2.45) is 0 Å². The van der Waals surface area contributed by atoms with Crippen LogP contribution in [0.15, 0.2) is 6.58 Å². The minimum Gasteiger partial charge on any atom is -0.490 e. The summed E-state index contributed by atoms with van der Waals surface area (Å²) in [7, 11) is -1.14. The summed E-state index contributed by atoms with van der Waals surface area (Å²) >= 11 is 0. The van der Waals surface area contributed by atoms with Crippen LogP contribution < -0.4 is 18.9 Å². The van der Waals surface area contributed by atoms with Crippen LogP contribution in [0.2, 0.25) is 19.6 Å². The van der Waals surface area contributed by atoms with Crippen molar-refractivity contribution in [1.29, 1.82) is 0 Å². The third-order valence-corrected chi connectivity index (χ3v) is 4.81. The van der Waals surface area contributed by atoms with Gasteiger partial charge in [-0.15, -0.1) is 6.54 Å². The molecule has 0 unspecified atom stereocenters. The third-order valence-electron chi connectivity index (χ3n) is 2.53. The van der Waals surface area contributed by atoms with E-state index in [1.165, 1.54) is 32.2 Å². The van der Waals surface area contributed by atoms with Gasteiger partial charge in [-0.3, -0.25) is 6.58 Å². The molecule has 0 aliphatic heterocycles. The van der Waals surface area contributed by atoms with Gasteiger partial charge in [0, 0.05) is 0 Å². The number of hydrogen-bond donors (Lipinski definition) is 0. The van der Waals surface area contributed by atoms with Gasteiger partial charge < -0.3 is 10.6 Å². The van der Waals surface area contributed by atoms with E-state index in [2.05, 4.69) is 43.8 Å². The Morgan fingerprint density at radius 3 is 2.13 bits per heavy atom. The predicted molar refractivity (Wildman–Crippen MR) is 67.9 cm³/mol. The van der Waals surface area contributed by atoms with Gasteiger partial charge in [-0.25, -0.2) is 0 Å². The van der Waals surface area contributed by atoms with E-state index in [9.17, 15) is 0 Å². The van der Waals surface area contributed by atoms with Crippen molar-refractivity contribution in [3.63, 3.8) is 0 Å². The van der Waals surface area contributed by atoms with Crippen LogP contribution in [0.3, 0.4) is 0 Å². The van der Waals surface area contributed by atoms with Crippen molar-refractivity contribution in [2.45, 2.75) is 52.2 Å². The Hall–Kier alpha value is 0.514. The van der Waals surface area contributed by atoms with E-state index in [4.69, 9.17) is 0 Å². The van der Waals surface area contributed by atoms with Crippen molar-refractivity contribution < 1.29 is 18.9 Å². The van der Waals surface area contributed by atoms with Crippen LogP contribution in [-0.4, -0.2) is 25.9 Å². The maximum atomic E-state index is 3.71. The SMILES string of the molecule is C=[C-]CN(CCCCCC)[Si](C)(C)C.[Li+]. The number of hydrogen-bond acceptors (Lipinski definition) is 1. The molecule has 0 saturated carbocycles. The molecule has 15 heavy (non-hydrogen) atoms. The van der Waals surface area contributed by atoms with Gasteiger partial charge >= 0.3 is 18.9 Å². The topological polar surface area (TPSA) is 3.24 Å². The molecule has 0 N–H and O–H groups in total. The molecular weight excluding hydrogens is 193 g/mol. The summed E-state index contributed by atoms with van der Waals surface area (Å²) in [5, 5.41) is 0. The summed E-state index contributed by atoms with van der Waals surface area (Å²) in [5.74, 6) is 0. The van der Waals surface area contributed by atoms with Crippen LogP contribution in [0, 0.1) is 6.08 Å². The molecule has 0 fully saturated rings. The summed E-state index contributed by atoms with van der Waals surface area (Å²) < 4.78 is 2.58. The summed E-state index contributed by atoms with van der Waals surface area (Å²) in [6, 6.07) is 0. The summed E-state index contributed by atoms with van der Waals surface area (Å²) in [6.45, 7) is 15.3. The minimum atomic E-state index is -1.14. The van der Waals surface area contributed by atoms with Crippen molar-refractivity contribution in [2.75, 3.05) is 13.1 Å². The largest absolute Gasteiger partial charge is 1.00 e. The van der Waals surface area contributed by atoms with E-state index in [0.717, 1.165) is 6.54 Å². The van der Waals surface area contributed by atoms with Gasteiger partial charge in [0.1, 0.15) is 8.24 Å². The monoisotopic (exact) mass is 219 g/mol. The van der Waals surface area contributed by atoms with Crippen molar-refractivity contribution in [3.05, 3.63) is 12.7 Å². The molecule has 0 amide bonds. The van der Waals surface area contributed by atoms with E-state index in [-0.39, 0.29) is 18.9 Å². The van der Waals surface area contributed by atoms with Gasteiger partial charge in [0.2, 0.25) is 0 Å². The first kappa shape index (κ1) is 17.9. The molecule has 0 aliphatic rings. The van der Waals surface area contributed by atoms with Crippen LogP contribution in [0.4, 0.5) is 0 Å². The van der Waals surface area contributed by atoms with Crippen LogP contribution in [0.1, 0.15) is 32.6 Å². The fraction of sp³-hybridized carbons (Fsp3) is 0.833. The second kappa shape index (κ2) is 9.72. The van der Waals surface area contributed by atoms with Gasteiger partial charge in [0.05, 0.1) is 0 Å². The smallest absolute Gasteiger partial charge is 0.490 e. The molecule has 1 nitrogen and oxygen atoms in total. The second-order valence-electron chi connectivity index (χ2n) is 4.90. The second-order valence-corrected chi connectivity index (χ2v) is 9.88. The maximum Gasteiger partial charge on any atom is 1.00 e. The van der Waals surface area contributed by atoms with E-state index < -0.39 is 8.24 Å². The molecule has 0 radical (unpaired) electrons. The van der Waals surface area contributed by atoms with Gasteiger partial charge in [-0.1, -0.05) is 45.8 Å². The van der Waals surface area contributed by atoms with Crippen LogP contribution in [0.25, 0.3) is 0 Å². The quantitative estimate of drug-likeness (QED) is 0.330. The number of rotatable bonds is 8. The van der Waals surface area contributed by atoms with Gasteiger partial charge in [-0.05, 0) is 13.0 Å². The molecule has 0 atom stereocenters. The van der Waals surface area contributed by atoms with Crippen LogP contribution >= 0.6 is 0 Å². The molecule has 0 saturated heterocycles. The van der Waals surface area contributed by atoms with E-state index in [1.54, 1.807) is 0 Å². The molecule has 0 spiro atoms. The average molecular weight is 219 g/mol. The average Bonchev–Trinajstić information content (AvgIpc) is 2.08. The minimum absolute atomic E-state index is 0. The number of nitrogens with zero attached hydrogens (tertiary/aromatic N) is 1. The van der Waals surface area contributed by atoms with Gasteiger partial charge in [-0.2, -0.15) is 0 Å². The Bertz CT molecular complexity index is 154. The van der Waals surface area contributed by atoms with E-state index in [0.29, 0.717) is 0 Å². The Morgan fingerprint density at radius 2 is 1.73 bits per heavy atom. The zero-order valence-corrected chi connectivity index (χ0v) is 12.4. The number of unbranched alkanes of at least 4 members (excludes halogenated alkanes) is 3. The Morgan fingerprint density at radius 1 is 1.13 bits per heavy atom. The summed E-state index contributed by atoms with van der Waals surface area (Å²) in [5.41, 5.74) is 0. The molecule has 0 aromatic carbocycles. The molecule has 0 bridgehead atoms. The van der Waals surface area contributed by atoms with Gasteiger partial charge in [0.25, 0.3) is 0 Å². The fourth-order valence-electron chi connectivity index (χ4n) is 1.52. The molecule has 0 rings (SSSR count). The molecule has 0 aromatic heterocycles.